The Kier molecular flexibility index (Phi) is 6.59. The molecule has 0 fully saturated rings. The molecule has 1 amide bonds. The van der Waals surface area contributed by atoms with Crippen LogP contribution in [-0.4, -0.2) is 39.7 Å². The Hall–Kier alpha value is -2.29. The Morgan fingerprint density at radius 2 is 1.90 bits per heavy atom. The zero-order valence-electron chi connectivity index (χ0n) is 16.3. The maximum Gasteiger partial charge on any atom is 0.338 e. The first-order valence-electron chi connectivity index (χ1n) is 9.08. The highest BCUT2D eigenvalue weighted by atomic mass is 35.5. The van der Waals surface area contributed by atoms with E-state index >= 15 is 0 Å². The number of benzene rings is 2. The Morgan fingerprint density at radius 3 is 2.57 bits per heavy atom. The van der Waals surface area contributed by atoms with Crippen molar-refractivity contribution in [2.75, 3.05) is 23.7 Å². The van der Waals surface area contributed by atoms with Crippen LogP contribution in [0, 0.1) is 0 Å². The molecule has 1 aliphatic rings. The van der Waals surface area contributed by atoms with Crippen LogP contribution < -0.4 is 9.62 Å². The minimum absolute atomic E-state index is 0.259. The quantitative estimate of drug-likeness (QED) is 0.653. The normalized spacial score (nSPS) is 14.2. The fraction of sp³-hybridized carbons (Fsp3) is 0.300. The van der Waals surface area contributed by atoms with E-state index in [-0.39, 0.29) is 11.6 Å². The molecule has 160 valence electrons. The number of rotatable bonds is 6. The van der Waals surface area contributed by atoms with Crippen LogP contribution in [0.3, 0.4) is 0 Å². The first kappa shape index (κ1) is 22.4. The van der Waals surface area contributed by atoms with Gasteiger partial charge in [-0.05, 0) is 54.8 Å². The Bertz CT molecular complexity index is 1100. The van der Waals surface area contributed by atoms with E-state index in [0.717, 1.165) is 17.4 Å². The molecule has 0 saturated carbocycles. The van der Waals surface area contributed by atoms with Crippen LogP contribution >= 0.6 is 23.2 Å². The molecule has 10 heteroatoms. The van der Waals surface area contributed by atoms with Gasteiger partial charge >= 0.3 is 5.97 Å². The minimum atomic E-state index is -3.36. The highest BCUT2D eigenvalue weighted by molar-refractivity contribution is 7.92. The van der Waals surface area contributed by atoms with Gasteiger partial charge in [0.25, 0.3) is 5.91 Å². The topological polar surface area (TPSA) is 92.8 Å². The van der Waals surface area contributed by atoms with Gasteiger partial charge in [0.05, 0.1) is 33.6 Å². The lowest BCUT2D eigenvalue weighted by Gasteiger charge is -2.16. The SMILES string of the molecule is CC(NC(=O)COC(=O)c1ccc2c(c1)CCN2S(C)(=O)=O)c1ccc(Cl)c(Cl)c1. The summed E-state index contributed by atoms with van der Waals surface area (Å²) in [6.07, 6.45) is 1.65. The van der Waals surface area contributed by atoms with E-state index in [2.05, 4.69) is 5.32 Å². The molecule has 1 heterocycles. The van der Waals surface area contributed by atoms with E-state index in [1.807, 2.05) is 0 Å². The molecule has 3 rings (SSSR count). The molecule has 1 aliphatic heterocycles. The van der Waals surface area contributed by atoms with Gasteiger partial charge in [0.15, 0.2) is 6.61 Å². The van der Waals surface area contributed by atoms with Crippen LogP contribution in [0.5, 0.6) is 0 Å². The van der Waals surface area contributed by atoms with Crippen LogP contribution in [0.1, 0.15) is 34.5 Å². The molecule has 1 unspecified atom stereocenters. The molecular formula is C20H20Cl2N2O5S. The van der Waals surface area contributed by atoms with Crippen molar-refractivity contribution in [1.82, 2.24) is 5.32 Å². The number of sulfonamides is 1. The molecule has 0 spiro atoms. The average molecular weight is 471 g/mol. The number of anilines is 1. The minimum Gasteiger partial charge on any atom is -0.452 e. The predicted molar refractivity (Wildman–Crippen MR) is 116 cm³/mol. The first-order chi connectivity index (χ1) is 14.1. The van der Waals surface area contributed by atoms with Crippen molar-refractivity contribution >= 4 is 50.8 Å². The number of nitrogens with one attached hydrogen (secondary N) is 1. The molecular weight excluding hydrogens is 451 g/mol. The maximum atomic E-state index is 12.3. The van der Waals surface area contributed by atoms with Gasteiger partial charge in [-0.15, -0.1) is 0 Å². The first-order valence-corrected chi connectivity index (χ1v) is 11.7. The molecule has 0 aliphatic carbocycles. The summed E-state index contributed by atoms with van der Waals surface area (Å²) in [7, 11) is -3.36. The van der Waals surface area contributed by atoms with Gasteiger partial charge in [0.2, 0.25) is 10.0 Å². The van der Waals surface area contributed by atoms with Crippen LogP contribution in [0.25, 0.3) is 0 Å². The number of ether oxygens (including phenoxy) is 1. The third-order valence-corrected chi connectivity index (χ3v) is 6.64. The second-order valence-corrected chi connectivity index (χ2v) is 9.69. The molecule has 0 saturated heterocycles. The number of carbonyl (C=O) groups excluding carboxylic acids is 2. The second-order valence-electron chi connectivity index (χ2n) is 6.97. The van der Waals surface area contributed by atoms with E-state index < -0.39 is 28.5 Å². The van der Waals surface area contributed by atoms with Gasteiger partial charge in [0, 0.05) is 6.54 Å². The Balaban J connectivity index is 1.58. The molecule has 30 heavy (non-hydrogen) atoms. The van der Waals surface area contributed by atoms with Crippen molar-refractivity contribution in [3.63, 3.8) is 0 Å². The van der Waals surface area contributed by atoms with E-state index in [1.165, 1.54) is 10.4 Å². The zero-order chi connectivity index (χ0) is 22.1. The number of carbonyl (C=O) groups is 2. The van der Waals surface area contributed by atoms with Gasteiger partial charge in [0.1, 0.15) is 0 Å². The molecule has 1 N–H and O–H groups in total. The summed E-state index contributed by atoms with van der Waals surface area (Å²) in [5, 5.41) is 3.52. The summed E-state index contributed by atoms with van der Waals surface area (Å²) in [5.74, 6) is -1.13. The number of esters is 1. The van der Waals surface area contributed by atoms with E-state index in [9.17, 15) is 18.0 Å². The van der Waals surface area contributed by atoms with Crippen molar-refractivity contribution < 1.29 is 22.7 Å². The largest absolute Gasteiger partial charge is 0.452 e. The van der Waals surface area contributed by atoms with Gasteiger partial charge in [-0.1, -0.05) is 29.3 Å². The smallest absolute Gasteiger partial charge is 0.338 e. The standard InChI is InChI=1S/C20H20Cl2N2O5S/c1-12(13-3-5-16(21)17(22)10-13)23-19(25)11-29-20(26)15-4-6-18-14(9-15)7-8-24(18)30(2,27)28/h3-6,9-10,12H,7-8,11H2,1-2H3,(H,23,25). The number of nitrogens with zero attached hydrogens (tertiary/aromatic N) is 1. The Morgan fingerprint density at radius 1 is 1.17 bits per heavy atom. The van der Waals surface area contributed by atoms with Crippen molar-refractivity contribution in [2.45, 2.75) is 19.4 Å². The molecule has 2 aromatic rings. The van der Waals surface area contributed by atoms with E-state index in [1.54, 1.807) is 37.3 Å². The van der Waals surface area contributed by atoms with Crippen molar-refractivity contribution in [3.8, 4) is 0 Å². The Labute approximate surface area is 185 Å². The summed E-state index contributed by atoms with van der Waals surface area (Å²) < 4.78 is 30.0. The summed E-state index contributed by atoms with van der Waals surface area (Å²) in [6, 6.07) is 9.35. The highest BCUT2D eigenvalue weighted by Crippen LogP contribution is 2.31. The molecule has 1 atom stereocenters. The molecule has 2 aromatic carbocycles. The molecule has 0 bridgehead atoms. The van der Waals surface area contributed by atoms with Gasteiger partial charge in [-0.25, -0.2) is 13.2 Å². The van der Waals surface area contributed by atoms with Gasteiger partial charge in [-0.2, -0.15) is 0 Å². The fourth-order valence-electron chi connectivity index (χ4n) is 3.21. The second kappa shape index (κ2) is 8.83. The third kappa shape index (κ3) is 5.06. The van der Waals surface area contributed by atoms with Gasteiger partial charge < -0.3 is 10.1 Å². The lowest BCUT2D eigenvalue weighted by atomic mass is 10.1. The van der Waals surface area contributed by atoms with Crippen molar-refractivity contribution in [1.29, 1.82) is 0 Å². The summed E-state index contributed by atoms with van der Waals surface area (Å²) in [6.45, 7) is 1.66. The molecule has 0 aromatic heterocycles. The van der Waals surface area contributed by atoms with E-state index in [4.69, 9.17) is 27.9 Å². The monoisotopic (exact) mass is 470 g/mol. The van der Waals surface area contributed by atoms with Crippen LogP contribution in [0.15, 0.2) is 36.4 Å². The number of halogens is 2. The summed E-state index contributed by atoms with van der Waals surface area (Å²) in [4.78, 5) is 24.4. The fourth-order valence-corrected chi connectivity index (χ4v) is 4.47. The van der Waals surface area contributed by atoms with Gasteiger partial charge in [-0.3, -0.25) is 9.10 Å². The van der Waals surface area contributed by atoms with Crippen LogP contribution in [0.2, 0.25) is 10.0 Å². The highest BCUT2D eigenvalue weighted by Gasteiger charge is 2.27. The zero-order valence-corrected chi connectivity index (χ0v) is 18.6. The van der Waals surface area contributed by atoms with Crippen molar-refractivity contribution in [2.24, 2.45) is 0 Å². The predicted octanol–water partition coefficient (Wildman–Crippen LogP) is 3.35. The third-order valence-electron chi connectivity index (χ3n) is 4.72. The van der Waals surface area contributed by atoms with Crippen molar-refractivity contribution in [3.05, 3.63) is 63.1 Å². The average Bonchev–Trinajstić information content (AvgIpc) is 3.11. The number of hydrogen-bond acceptors (Lipinski definition) is 5. The molecule has 7 nitrogen and oxygen atoms in total. The summed E-state index contributed by atoms with van der Waals surface area (Å²) in [5.41, 5.74) is 2.32. The molecule has 0 radical (unpaired) electrons. The van der Waals surface area contributed by atoms with Crippen LogP contribution in [-0.2, 0) is 26.0 Å². The number of hydrogen-bond donors (Lipinski definition) is 1. The van der Waals surface area contributed by atoms with E-state index in [0.29, 0.717) is 28.7 Å². The number of fused-ring (bicyclic) bond motifs is 1. The lowest BCUT2D eigenvalue weighted by Crippen LogP contribution is -2.31. The lowest BCUT2D eigenvalue weighted by molar-refractivity contribution is -0.124. The summed E-state index contributed by atoms with van der Waals surface area (Å²) >= 11 is 11.9. The maximum absolute atomic E-state index is 12.3. The van der Waals surface area contributed by atoms with Crippen LogP contribution in [0.4, 0.5) is 5.69 Å². The number of amides is 1.